The molecule has 1 aliphatic heterocycles. The largest absolute Gasteiger partial charge is 0.477 e. The maximum absolute atomic E-state index is 11.9. The highest BCUT2D eigenvalue weighted by molar-refractivity contribution is 7.89. The fraction of sp³-hybridized carbons (Fsp3) is 0.368. The minimum Gasteiger partial charge on any atom is -0.477 e. The van der Waals surface area contributed by atoms with E-state index in [4.69, 9.17) is 0 Å². The number of hydrogen-bond donors (Lipinski definition) is 1. The Morgan fingerprint density at radius 2 is 2.04 bits per heavy atom. The van der Waals surface area contributed by atoms with E-state index in [9.17, 15) is 23.6 Å². The van der Waals surface area contributed by atoms with Gasteiger partial charge in [-0.2, -0.15) is 5.26 Å². The second kappa shape index (κ2) is 7.80. The average molecular weight is 405 g/mol. The van der Waals surface area contributed by atoms with Crippen LogP contribution in [0.4, 0.5) is 0 Å². The first-order chi connectivity index (χ1) is 12.9. The van der Waals surface area contributed by atoms with Crippen molar-refractivity contribution in [2.45, 2.75) is 26.2 Å². The van der Waals surface area contributed by atoms with Crippen molar-refractivity contribution in [1.29, 1.82) is 5.26 Å². The van der Waals surface area contributed by atoms with Crippen molar-refractivity contribution in [2.24, 2.45) is 0 Å². The smallest absolute Gasteiger partial charge is 0.346 e. The van der Waals surface area contributed by atoms with Gasteiger partial charge in [0.05, 0.1) is 11.3 Å². The van der Waals surface area contributed by atoms with Crippen LogP contribution in [0, 0.1) is 11.3 Å². The lowest BCUT2D eigenvalue weighted by Gasteiger charge is -2.14. The summed E-state index contributed by atoms with van der Waals surface area (Å²) in [4.78, 5) is 12.6. The maximum Gasteiger partial charge on any atom is 0.346 e. The molecule has 0 aliphatic carbocycles. The molecule has 2 heterocycles. The standard InChI is InChI=1S/C19H20N2O4S2/c1-2-16-15(12-20)17(18(26-16)19(22)23)14-6-4-13(5-7-14)8-10-21-9-3-11-27(21,24)25/h4-7H,2-3,8-11H2,1H3,(H,22,23). The first kappa shape index (κ1) is 19.5. The second-order valence-electron chi connectivity index (χ2n) is 6.39. The molecule has 0 amide bonds. The van der Waals surface area contributed by atoms with E-state index < -0.39 is 16.0 Å². The third-order valence-electron chi connectivity index (χ3n) is 4.70. The van der Waals surface area contributed by atoms with Gasteiger partial charge in [-0.05, 0) is 30.4 Å². The van der Waals surface area contributed by atoms with Crippen molar-refractivity contribution < 1.29 is 18.3 Å². The van der Waals surface area contributed by atoms with Crippen LogP contribution in [0.5, 0.6) is 0 Å². The second-order valence-corrected chi connectivity index (χ2v) is 9.58. The minimum absolute atomic E-state index is 0.180. The summed E-state index contributed by atoms with van der Waals surface area (Å²) >= 11 is 1.15. The molecule has 1 aliphatic rings. The lowest BCUT2D eigenvalue weighted by molar-refractivity contribution is 0.0703. The van der Waals surface area contributed by atoms with Crippen molar-refractivity contribution in [3.05, 3.63) is 45.1 Å². The van der Waals surface area contributed by atoms with Crippen molar-refractivity contribution in [3.8, 4) is 17.2 Å². The molecule has 1 N–H and O–H groups in total. The third-order valence-corrected chi connectivity index (χ3v) is 7.98. The molecule has 0 saturated carbocycles. The SMILES string of the molecule is CCc1sc(C(=O)O)c(-c2ccc(CCN3CCCS3(=O)=O)cc2)c1C#N. The van der Waals surface area contributed by atoms with Gasteiger partial charge in [0.15, 0.2) is 0 Å². The van der Waals surface area contributed by atoms with Crippen molar-refractivity contribution in [3.63, 3.8) is 0 Å². The topological polar surface area (TPSA) is 98.5 Å². The predicted molar refractivity (Wildman–Crippen MR) is 104 cm³/mol. The molecule has 1 aromatic carbocycles. The van der Waals surface area contributed by atoms with Crippen molar-refractivity contribution in [2.75, 3.05) is 18.8 Å². The number of nitrogens with zero attached hydrogens (tertiary/aromatic N) is 2. The van der Waals surface area contributed by atoms with Crippen LogP contribution >= 0.6 is 11.3 Å². The molecular formula is C19H20N2O4S2. The summed E-state index contributed by atoms with van der Waals surface area (Å²) in [7, 11) is -3.10. The van der Waals surface area contributed by atoms with Crippen LogP contribution in [-0.2, 0) is 22.9 Å². The zero-order chi connectivity index (χ0) is 19.6. The third kappa shape index (κ3) is 3.90. The lowest BCUT2D eigenvalue weighted by atomic mass is 9.98. The van der Waals surface area contributed by atoms with Gasteiger partial charge in [-0.25, -0.2) is 17.5 Å². The number of hydrogen-bond acceptors (Lipinski definition) is 5. The van der Waals surface area contributed by atoms with Crippen molar-refractivity contribution >= 4 is 27.3 Å². The number of benzene rings is 1. The zero-order valence-electron chi connectivity index (χ0n) is 14.9. The molecular weight excluding hydrogens is 384 g/mol. The molecule has 142 valence electrons. The summed E-state index contributed by atoms with van der Waals surface area (Å²) in [6, 6.07) is 9.50. The zero-order valence-corrected chi connectivity index (χ0v) is 16.6. The highest BCUT2D eigenvalue weighted by Gasteiger charge is 2.27. The Labute approximate surface area is 162 Å². The van der Waals surface area contributed by atoms with Crippen LogP contribution in [0.25, 0.3) is 11.1 Å². The Morgan fingerprint density at radius 1 is 1.33 bits per heavy atom. The Kier molecular flexibility index (Phi) is 5.65. The molecule has 0 atom stereocenters. The van der Waals surface area contributed by atoms with Gasteiger partial charge in [-0.3, -0.25) is 0 Å². The normalized spacial score (nSPS) is 16.3. The van der Waals surface area contributed by atoms with Gasteiger partial charge in [0.25, 0.3) is 0 Å². The quantitative estimate of drug-likeness (QED) is 0.797. The molecule has 1 aromatic heterocycles. The Morgan fingerprint density at radius 3 is 2.56 bits per heavy atom. The predicted octanol–water partition coefficient (Wildman–Crippen LogP) is 3.13. The number of carboxylic acids is 1. The minimum atomic E-state index is -3.10. The molecule has 0 bridgehead atoms. The Hall–Kier alpha value is -2.21. The monoisotopic (exact) mass is 404 g/mol. The number of aryl methyl sites for hydroxylation is 1. The molecule has 0 spiro atoms. The van der Waals surface area contributed by atoms with Crippen molar-refractivity contribution in [1.82, 2.24) is 4.31 Å². The summed E-state index contributed by atoms with van der Waals surface area (Å²) in [5.74, 6) is -0.812. The summed E-state index contributed by atoms with van der Waals surface area (Å²) < 4.78 is 25.2. The number of rotatable bonds is 6. The van der Waals surface area contributed by atoms with E-state index in [-0.39, 0.29) is 10.6 Å². The van der Waals surface area contributed by atoms with E-state index in [0.29, 0.717) is 49.0 Å². The first-order valence-corrected chi connectivity index (χ1v) is 11.2. The van der Waals surface area contributed by atoms with Gasteiger partial charge in [0.2, 0.25) is 10.0 Å². The number of carbonyl (C=O) groups is 1. The summed E-state index contributed by atoms with van der Waals surface area (Å²) in [5.41, 5.74) is 2.57. The van der Waals surface area contributed by atoms with Crippen LogP contribution in [0.15, 0.2) is 24.3 Å². The van der Waals surface area contributed by atoms with Gasteiger partial charge in [0, 0.05) is 23.5 Å². The molecule has 6 nitrogen and oxygen atoms in total. The Balaban J connectivity index is 1.85. The molecule has 1 saturated heterocycles. The first-order valence-electron chi connectivity index (χ1n) is 8.73. The number of carboxylic acid groups (broad SMARTS) is 1. The van der Waals surface area contributed by atoms with Gasteiger partial charge < -0.3 is 5.11 Å². The summed E-state index contributed by atoms with van der Waals surface area (Å²) in [5, 5.41) is 19.0. The van der Waals surface area contributed by atoms with E-state index in [1.807, 2.05) is 31.2 Å². The van der Waals surface area contributed by atoms with Gasteiger partial charge in [-0.1, -0.05) is 31.2 Å². The van der Waals surface area contributed by atoms with E-state index in [0.717, 1.165) is 21.8 Å². The molecule has 0 radical (unpaired) electrons. The highest BCUT2D eigenvalue weighted by Crippen LogP contribution is 2.37. The van der Waals surface area contributed by atoms with E-state index in [2.05, 4.69) is 6.07 Å². The van der Waals surface area contributed by atoms with Gasteiger partial charge in [0.1, 0.15) is 10.9 Å². The Bertz CT molecular complexity index is 1000. The average Bonchev–Trinajstić information content (AvgIpc) is 3.19. The van der Waals surface area contributed by atoms with Crippen LogP contribution in [-0.4, -0.2) is 42.6 Å². The fourth-order valence-corrected chi connectivity index (χ4v) is 5.88. The number of aromatic carboxylic acids is 1. The summed E-state index contributed by atoms with van der Waals surface area (Å²) in [6.07, 6.45) is 1.88. The number of sulfonamides is 1. The van der Waals surface area contributed by atoms with Gasteiger partial charge >= 0.3 is 5.97 Å². The molecule has 8 heteroatoms. The highest BCUT2D eigenvalue weighted by atomic mass is 32.2. The van der Waals surface area contributed by atoms with Gasteiger partial charge in [-0.15, -0.1) is 11.3 Å². The summed E-state index contributed by atoms with van der Waals surface area (Å²) in [6.45, 7) is 2.92. The van der Waals surface area contributed by atoms with Crippen LogP contribution in [0.3, 0.4) is 0 Å². The van der Waals surface area contributed by atoms with Crippen LogP contribution in [0.2, 0.25) is 0 Å². The number of thiophene rings is 1. The molecule has 0 unspecified atom stereocenters. The fourth-order valence-electron chi connectivity index (χ4n) is 3.31. The molecule has 2 aromatic rings. The molecule has 27 heavy (non-hydrogen) atoms. The van der Waals surface area contributed by atoms with Crippen LogP contribution < -0.4 is 0 Å². The lowest BCUT2D eigenvalue weighted by Crippen LogP contribution is -2.27. The maximum atomic E-state index is 11.9. The molecule has 3 rings (SSSR count). The number of nitriles is 1. The van der Waals surface area contributed by atoms with Crippen LogP contribution in [0.1, 0.15) is 39.0 Å². The van der Waals surface area contributed by atoms with E-state index in [1.165, 1.54) is 4.31 Å². The molecule has 1 fully saturated rings. The van der Waals surface area contributed by atoms with E-state index in [1.54, 1.807) is 0 Å². The van der Waals surface area contributed by atoms with E-state index >= 15 is 0 Å².